The first kappa shape index (κ1) is 18.1. The molecule has 0 amide bonds. The minimum absolute atomic E-state index is 0.475. The minimum atomic E-state index is 0.475. The Morgan fingerprint density at radius 2 is 1.46 bits per heavy atom. The minimum Gasteiger partial charge on any atom is -0.493 e. The SMILES string of the molecule is COc1ccc(CC(C)Cc2ccc3ccccc3c2)c(OC)c1OC. The van der Waals surface area contributed by atoms with Gasteiger partial charge in [-0.1, -0.05) is 55.5 Å². The Bertz CT molecular complexity index is 886. The number of ether oxygens (including phenoxy) is 3. The molecule has 3 nitrogen and oxygen atoms in total. The lowest BCUT2D eigenvalue weighted by Crippen LogP contribution is -2.06. The summed E-state index contributed by atoms with van der Waals surface area (Å²) in [4.78, 5) is 0. The van der Waals surface area contributed by atoms with Gasteiger partial charge in [-0.15, -0.1) is 0 Å². The number of methoxy groups -OCH3 is 3. The maximum atomic E-state index is 5.61. The van der Waals surface area contributed by atoms with Crippen LogP contribution in [0.3, 0.4) is 0 Å². The van der Waals surface area contributed by atoms with E-state index in [1.165, 1.54) is 16.3 Å². The summed E-state index contributed by atoms with van der Waals surface area (Å²) in [5.74, 6) is 2.58. The average molecular weight is 350 g/mol. The van der Waals surface area contributed by atoms with Crippen molar-refractivity contribution < 1.29 is 14.2 Å². The highest BCUT2D eigenvalue weighted by Crippen LogP contribution is 2.40. The summed E-state index contributed by atoms with van der Waals surface area (Å²) in [5.41, 5.74) is 2.49. The summed E-state index contributed by atoms with van der Waals surface area (Å²) in [5, 5.41) is 2.58. The molecular weight excluding hydrogens is 324 g/mol. The van der Waals surface area contributed by atoms with Crippen LogP contribution in [-0.4, -0.2) is 21.3 Å². The molecule has 3 aromatic carbocycles. The molecule has 0 saturated carbocycles. The van der Waals surface area contributed by atoms with Gasteiger partial charge in [-0.2, -0.15) is 0 Å². The third-order valence-electron chi connectivity index (χ3n) is 4.75. The molecule has 26 heavy (non-hydrogen) atoms. The van der Waals surface area contributed by atoms with Crippen LogP contribution in [0.4, 0.5) is 0 Å². The summed E-state index contributed by atoms with van der Waals surface area (Å²) in [7, 11) is 4.96. The first-order chi connectivity index (χ1) is 12.7. The molecule has 0 N–H and O–H groups in total. The van der Waals surface area contributed by atoms with Crippen LogP contribution in [0.1, 0.15) is 18.1 Å². The van der Waals surface area contributed by atoms with Crippen LogP contribution in [0.2, 0.25) is 0 Å². The van der Waals surface area contributed by atoms with E-state index in [0.29, 0.717) is 17.4 Å². The molecule has 1 unspecified atom stereocenters. The van der Waals surface area contributed by atoms with Gasteiger partial charge in [0.1, 0.15) is 0 Å². The molecule has 0 heterocycles. The summed E-state index contributed by atoms with van der Waals surface area (Å²) in [6, 6.07) is 19.2. The van der Waals surface area contributed by atoms with E-state index in [1.54, 1.807) is 21.3 Å². The van der Waals surface area contributed by atoms with Gasteiger partial charge in [-0.05, 0) is 46.7 Å². The second-order valence-corrected chi connectivity index (χ2v) is 6.69. The molecule has 0 fully saturated rings. The largest absolute Gasteiger partial charge is 0.493 e. The van der Waals surface area contributed by atoms with Gasteiger partial charge in [0.25, 0.3) is 0 Å². The van der Waals surface area contributed by atoms with Crippen LogP contribution in [0.25, 0.3) is 10.8 Å². The Morgan fingerprint density at radius 1 is 0.731 bits per heavy atom. The Morgan fingerprint density at radius 3 is 2.15 bits per heavy atom. The van der Waals surface area contributed by atoms with Gasteiger partial charge in [0.2, 0.25) is 5.75 Å². The van der Waals surface area contributed by atoms with Gasteiger partial charge in [-0.3, -0.25) is 0 Å². The van der Waals surface area contributed by atoms with Crippen LogP contribution in [0, 0.1) is 5.92 Å². The van der Waals surface area contributed by atoms with Crippen molar-refractivity contribution in [1.82, 2.24) is 0 Å². The first-order valence-electron chi connectivity index (χ1n) is 8.91. The van der Waals surface area contributed by atoms with E-state index in [2.05, 4.69) is 55.5 Å². The predicted octanol–water partition coefficient (Wildman–Crippen LogP) is 5.29. The number of rotatable bonds is 7. The Kier molecular flexibility index (Phi) is 5.67. The van der Waals surface area contributed by atoms with E-state index in [9.17, 15) is 0 Å². The third kappa shape index (κ3) is 3.77. The summed E-state index contributed by atoms with van der Waals surface area (Å²) in [6.07, 6.45) is 1.93. The fourth-order valence-corrected chi connectivity index (χ4v) is 3.54. The molecule has 0 radical (unpaired) electrons. The zero-order valence-electron chi connectivity index (χ0n) is 15.9. The molecule has 0 aliphatic carbocycles. The van der Waals surface area contributed by atoms with Crippen molar-refractivity contribution in [3.8, 4) is 17.2 Å². The fourth-order valence-electron chi connectivity index (χ4n) is 3.54. The van der Waals surface area contributed by atoms with Crippen molar-refractivity contribution in [1.29, 1.82) is 0 Å². The highest BCUT2D eigenvalue weighted by molar-refractivity contribution is 5.83. The molecule has 0 saturated heterocycles. The van der Waals surface area contributed by atoms with E-state index >= 15 is 0 Å². The molecule has 1 atom stereocenters. The van der Waals surface area contributed by atoms with Crippen molar-refractivity contribution in [2.75, 3.05) is 21.3 Å². The summed E-state index contributed by atoms with van der Waals surface area (Å²) >= 11 is 0. The molecule has 3 aromatic rings. The molecule has 0 aromatic heterocycles. The smallest absolute Gasteiger partial charge is 0.203 e. The number of hydrogen-bond donors (Lipinski definition) is 0. The van der Waals surface area contributed by atoms with Gasteiger partial charge in [0.15, 0.2) is 11.5 Å². The first-order valence-corrected chi connectivity index (χ1v) is 8.91. The van der Waals surface area contributed by atoms with Gasteiger partial charge >= 0.3 is 0 Å². The maximum absolute atomic E-state index is 5.61. The molecule has 136 valence electrons. The summed E-state index contributed by atoms with van der Waals surface area (Å²) in [6.45, 7) is 2.27. The molecule has 0 aliphatic rings. The number of benzene rings is 3. The second-order valence-electron chi connectivity index (χ2n) is 6.69. The normalized spacial score (nSPS) is 12.0. The van der Waals surface area contributed by atoms with Gasteiger partial charge in [0.05, 0.1) is 21.3 Å². The van der Waals surface area contributed by atoms with E-state index in [1.807, 2.05) is 6.07 Å². The Labute approximate surface area is 155 Å². The van der Waals surface area contributed by atoms with E-state index < -0.39 is 0 Å². The van der Waals surface area contributed by atoms with Crippen molar-refractivity contribution in [2.45, 2.75) is 19.8 Å². The molecule has 0 aliphatic heterocycles. The standard InChI is InChI=1S/C23H26O3/c1-16(13-17-9-10-18-7-5-6-8-19(18)15-17)14-20-11-12-21(24-2)23(26-4)22(20)25-3/h5-12,15-16H,13-14H2,1-4H3. The highest BCUT2D eigenvalue weighted by Gasteiger charge is 2.17. The van der Waals surface area contributed by atoms with Crippen LogP contribution in [0.5, 0.6) is 17.2 Å². The lowest BCUT2D eigenvalue weighted by molar-refractivity contribution is 0.321. The molecule has 3 heteroatoms. The van der Waals surface area contributed by atoms with Crippen molar-refractivity contribution in [2.24, 2.45) is 5.92 Å². The quantitative estimate of drug-likeness (QED) is 0.580. The topological polar surface area (TPSA) is 27.7 Å². The van der Waals surface area contributed by atoms with Crippen LogP contribution in [0.15, 0.2) is 54.6 Å². The van der Waals surface area contributed by atoms with Gasteiger partial charge in [0, 0.05) is 0 Å². The fraction of sp³-hybridized carbons (Fsp3) is 0.304. The monoisotopic (exact) mass is 350 g/mol. The van der Waals surface area contributed by atoms with Crippen LogP contribution < -0.4 is 14.2 Å². The molecule has 0 bridgehead atoms. The van der Waals surface area contributed by atoms with E-state index in [0.717, 1.165) is 24.2 Å². The van der Waals surface area contributed by atoms with Crippen molar-refractivity contribution in [3.63, 3.8) is 0 Å². The molecular formula is C23H26O3. The zero-order chi connectivity index (χ0) is 18.5. The predicted molar refractivity (Wildman–Crippen MR) is 107 cm³/mol. The lowest BCUT2D eigenvalue weighted by atomic mass is 9.92. The second kappa shape index (κ2) is 8.13. The van der Waals surface area contributed by atoms with Crippen LogP contribution in [-0.2, 0) is 12.8 Å². The number of fused-ring (bicyclic) bond motifs is 1. The molecule has 0 spiro atoms. The zero-order valence-corrected chi connectivity index (χ0v) is 15.9. The van der Waals surface area contributed by atoms with Crippen LogP contribution >= 0.6 is 0 Å². The molecule has 3 rings (SSSR count). The number of hydrogen-bond acceptors (Lipinski definition) is 3. The maximum Gasteiger partial charge on any atom is 0.203 e. The Hall–Kier alpha value is -2.68. The highest BCUT2D eigenvalue weighted by atomic mass is 16.5. The van der Waals surface area contributed by atoms with E-state index in [-0.39, 0.29) is 0 Å². The third-order valence-corrected chi connectivity index (χ3v) is 4.75. The average Bonchev–Trinajstić information content (AvgIpc) is 2.67. The lowest BCUT2D eigenvalue weighted by Gasteiger charge is -2.18. The van der Waals surface area contributed by atoms with Crippen molar-refractivity contribution in [3.05, 3.63) is 65.7 Å². The van der Waals surface area contributed by atoms with Gasteiger partial charge < -0.3 is 14.2 Å². The summed E-state index contributed by atoms with van der Waals surface area (Å²) < 4.78 is 16.5. The van der Waals surface area contributed by atoms with E-state index in [4.69, 9.17) is 14.2 Å². The van der Waals surface area contributed by atoms with Gasteiger partial charge in [-0.25, -0.2) is 0 Å². The van der Waals surface area contributed by atoms with Crippen molar-refractivity contribution >= 4 is 10.8 Å². The Balaban J connectivity index is 1.79.